The summed E-state index contributed by atoms with van der Waals surface area (Å²) in [7, 11) is 0. The molecule has 3 N–H and O–H groups in total. The van der Waals surface area contributed by atoms with Crippen LogP contribution >= 0.6 is 11.6 Å². The van der Waals surface area contributed by atoms with E-state index in [9.17, 15) is 4.79 Å². The number of benzene rings is 1. The maximum Gasteiger partial charge on any atom is 0.251 e. The molecular weight excluding hydrogens is 272 g/mol. The van der Waals surface area contributed by atoms with Gasteiger partial charge in [-0.25, -0.2) is 0 Å². The molecule has 20 heavy (non-hydrogen) atoms. The van der Waals surface area contributed by atoms with Crippen molar-refractivity contribution in [2.24, 2.45) is 17.8 Å². The van der Waals surface area contributed by atoms with E-state index >= 15 is 0 Å². The van der Waals surface area contributed by atoms with E-state index in [0.29, 0.717) is 22.2 Å². The average molecular weight is 293 g/mol. The Labute approximate surface area is 124 Å². The number of rotatable bonds is 3. The third-order valence-corrected chi connectivity index (χ3v) is 5.19. The Morgan fingerprint density at radius 2 is 2.15 bits per heavy atom. The van der Waals surface area contributed by atoms with Crippen LogP contribution in [-0.2, 0) is 0 Å². The lowest BCUT2D eigenvalue weighted by Gasteiger charge is -2.28. The van der Waals surface area contributed by atoms with Gasteiger partial charge in [0.2, 0.25) is 0 Å². The van der Waals surface area contributed by atoms with Crippen molar-refractivity contribution in [3.8, 4) is 0 Å². The molecule has 0 spiro atoms. The quantitative estimate of drug-likeness (QED) is 0.838. The monoisotopic (exact) mass is 292 g/mol. The summed E-state index contributed by atoms with van der Waals surface area (Å²) in [6, 6.07) is 5.21. The Bertz CT molecular complexity index is 511. The van der Waals surface area contributed by atoms with Gasteiger partial charge >= 0.3 is 0 Å². The molecule has 2 aliphatic rings. The highest BCUT2D eigenvalue weighted by atomic mass is 35.5. The number of fused-ring (bicyclic) bond motifs is 2. The van der Waals surface area contributed by atoms with Gasteiger partial charge in [-0.15, -0.1) is 0 Å². The van der Waals surface area contributed by atoms with Crippen LogP contribution < -0.4 is 11.1 Å². The van der Waals surface area contributed by atoms with Crippen LogP contribution in [-0.4, -0.2) is 11.9 Å². The second-order valence-electron chi connectivity index (χ2n) is 6.37. The van der Waals surface area contributed by atoms with E-state index in [4.69, 9.17) is 17.3 Å². The number of nitrogens with two attached hydrogens (primary N) is 1. The lowest BCUT2D eigenvalue weighted by atomic mass is 9.84. The van der Waals surface area contributed by atoms with Gasteiger partial charge in [-0.05, 0) is 62.1 Å². The molecule has 4 atom stereocenters. The zero-order valence-electron chi connectivity index (χ0n) is 11.7. The summed E-state index contributed by atoms with van der Waals surface area (Å²) < 4.78 is 0. The van der Waals surface area contributed by atoms with Crippen LogP contribution in [0.15, 0.2) is 18.2 Å². The number of anilines is 1. The number of carbonyl (C=O) groups is 1. The zero-order valence-corrected chi connectivity index (χ0v) is 12.5. The molecule has 1 amide bonds. The van der Waals surface area contributed by atoms with Gasteiger partial charge in [-0.2, -0.15) is 0 Å². The maximum atomic E-state index is 12.3. The van der Waals surface area contributed by atoms with E-state index in [-0.39, 0.29) is 11.9 Å². The van der Waals surface area contributed by atoms with Gasteiger partial charge in [-0.1, -0.05) is 18.0 Å². The lowest BCUT2D eigenvalue weighted by Crippen LogP contribution is -2.40. The molecule has 2 saturated carbocycles. The van der Waals surface area contributed by atoms with Crippen molar-refractivity contribution in [2.75, 3.05) is 5.73 Å². The summed E-state index contributed by atoms with van der Waals surface area (Å²) in [5, 5.41) is 3.63. The Hall–Kier alpha value is -1.22. The molecule has 0 radical (unpaired) electrons. The number of halogens is 1. The number of carbonyl (C=O) groups excluding carboxylic acids is 1. The van der Waals surface area contributed by atoms with Crippen molar-refractivity contribution in [3.63, 3.8) is 0 Å². The van der Waals surface area contributed by atoms with Crippen LogP contribution in [0.3, 0.4) is 0 Å². The van der Waals surface area contributed by atoms with Crippen molar-refractivity contribution < 1.29 is 4.79 Å². The second kappa shape index (κ2) is 5.28. The van der Waals surface area contributed by atoms with Gasteiger partial charge in [0, 0.05) is 22.3 Å². The van der Waals surface area contributed by atoms with Gasteiger partial charge in [-0.3, -0.25) is 4.79 Å². The highest BCUT2D eigenvalue weighted by Gasteiger charge is 2.42. The third-order valence-electron chi connectivity index (χ3n) is 4.98. The van der Waals surface area contributed by atoms with Gasteiger partial charge in [0.05, 0.1) is 0 Å². The zero-order chi connectivity index (χ0) is 14.3. The van der Waals surface area contributed by atoms with Gasteiger partial charge in [0.1, 0.15) is 0 Å². The fourth-order valence-electron chi connectivity index (χ4n) is 4.05. The molecule has 2 fully saturated rings. The number of hydrogen-bond donors (Lipinski definition) is 2. The smallest absolute Gasteiger partial charge is 0.251 e. The van der Waals surface area contributed by atoms with Crippen LogP contribution in [0.2, 0.25) is 5.02 Å². The molecule has 0 heterocycles. The predicted octanol–water partition coefficient (Wildman–Crippen LogP) is 3.48. The summed E-state index contributed by atoms with van der Waals surface area (Å²) in [6.45, 7) is 2.12. The molecule has 0 aliphatic heterocycles. The molecule has 4 unspecified atom stereocenters. The first-order chi connectivity index (χ1) is 9.52. The minimum absolute atomic E-state index is 0.0746. The van der Waals surface area contributed by atoms with Crippen LogP contribution in [0.25, 0.3) is 0 Å². The molecule has 108 valence electrons. The van der Waals surface area contributed by atoms with Crippen molar-refractivity contribution in [3.05, 3.63) is 28.8 Å². The molecule has 4 heteroatoms. The highest BCUT2D eigenvalue weighted by Crippen LogP contribution is 2.49. The van der Waals surface area contributed by atoms with Gasteiger partial charge < -0.3 is 11.1 Å². The third kappa shape index (κ3) is 2.64. The van der Waals surface area contributed by atoms with E-state index in [1.54, 1.807) is 18.2 Å². The largest absolute Gasteiger partial charge is 0.399 e. The SMILES string of the molecule is CC(NC(=O)c1cc(N)cc(Cl)c1)C1CC2CCC1C2. The molecule has 1 aromatic rings. The van der Waals surface area contributed by atoms with Crippen LogP contribution in [0.5, 0.6) is 0 Å². The van der Waals surface area contributed by atoms with E-state index in [2.05, 4.69) is 12.2 Å². The maximum absolute atomic E-state index is 12.3. The molecule has 1 aromatic carbocycles. The molecule has 0 aromatic heterocycles. The van der Waals surface area contributed by atoms with Crippen molar-refractivity contribution in [1.29, 1.82) is 0 Å². The van der Waals surface area contributed by atoms with Gasteiger partial charge in [0.15, 0.2) is 0 Å². The molecule has 3 rings (SSSR count). The van der Waals surface area contributed by atoms with E-state index in [1.165, 1.54) is 25.7 Å². The van der Waals surface area contributed by atoms with E-state index in [0.717, 1.165) is 11.8 Å². The lowest BCUT2D eigenvalue weighted by molar-refractivity contribution is 0.0915. The van der Waals surface area contributed by atoms with Crippen LogP contribution in [0.1, 0.15) is 43.0 Å². The second-order valence-corrected chi connectivity index (χ2v) is 6.81. The number of nitrogens with one attached hydrogen (secondary N) is 1. The fourth-order valence-corrected chi connectivity index (χ4v) is 4.29. The topological polar surface area (TPSA) is 55.1 Å². The van der Waals surface area contributed by atoms with E-state index in [1.807, 2.05) is 0 Å². The predicted molar refractivity (Wildman–Crippen MR) is 81.7 cm³/mol. The number of amides is 1. The number of nitrogen functional groups attached to an aromatic ring is 1. The Balaban J connectivity index is 1.66. The number of hydrogen-bond acceptors (Lipinski definition) is 2. The Kier molecular flexibility index (Phi) is 3.63. The Morgan fingerprint density at radius 1 is 1.35 bits per heavy atom. The Morgan fingerprint density at radius 3 is 2.75 bits per heavy atom. The first kappa shape index (κ1) is 13.7. The summed E-state index contributed by atoms with van der Waals surface area (Å²) in [4.78, 5) is 12.3. The highest BCUT2D eigenvalue weighted by molar-refractivity contribution is 6.31. The summed E-state index contributed by atoms with van der Waals surface area (Å²) in [5.41, 5.74) is 6.80. The molecule has 2 aliphatic carbocycles. The summed E-state index contributed by atoms with van der Waals surface area (Å²) >= 11 is 5.95. The standard InChI is InChI=1S/C16H21ClN2O/c1-9(15-5-10-2-3-11(15)4-10)19-16(20)12-6-13(17)8-14(18)7-12/h6-11,15H,2-5,18H2,1H3,(H,19,20). The normalized spacial score (nSPS) is 29.4. The van der Waals surface area contributed by atoms with Crippen LogP contribution in [0.4, 0.5) is 5.69 Å². The fraction of sp³-hybridized carbons (Fsp3) is 0.562. The summed E-state index contributed by atoms with van der Waals surface area (Å²) in [5.74, 6) is 2.26. The van der Waals surface area contributed by atoms with Crippen molar-refractivity contribution in [1.82, 2.24) is 5.32 Å². The first-order valence-electron chi connectivity index (χ1n) is 7.40. The first-order valence-corrected chi connectivity index (χ1v) is 7.77. The molecular formula is C16H21ClN2O. The minimum atomic E-state index is -0.0746. The summed E-state index contributed by atoms with van der Waals surface area (Å²) in [6.07, 6.45) is 5.34. The van der Waals surface area contributed by atoms with Gasteiger partial charge in [0.25, 0.3) is 5.91 Å². The van der Waals surface area contributed by atoms with E-state index < -0.39 is 0 Å². The van der Waals surface area contributed by atoms with Crippen molar-refractivity contribution in [2.45, 2.75) is 38.6 Å². The molecule has 0 saturated heterocycles. The average Bonchev–Trinajstić information content (AvgIpc) is 2.99. The molecule has 3 nitrogen and oxygen atoms in total. The minimum Gasteiger partial charge on any atom is -0.399 e. The molecule has 2 bridgehead atoms. The van der Waals surface area contributed by atoms with Crippen molar-refractivity contribution >= 4 is 23.2 Å². The van der Waals surface area contributed by atoms with Crippen LogP contribution in [0, 0.1) is 17.8 Å².